The molecule has 0 spiro atoms. The number of carbonyl (C=O) groups excluding carboxylic acids is 1. The highest BCUT2D eigenvalue weighted by molar-refractivity contribution is 7.99. The minimum absolute atomic E-state index is 0.105. The van der Waals surface area contributed by atoms with Gasteiger partial charge in [-0.1, -0.05) is 30.0 Å². The maximum absolute atomic E-state index is 12.3. The van der Waals surface area contributed by atoms with Crippen LogP contribution in [0.15, 0.2) is 53.7 Å². The number of aryl methyl sites for hydroxylation is 1. The van der Waals surface area contributed by atoms with E-state index in [9.17, 15) is 4.79 Å². The van der Waals surface area contributed by atoms with Crippen molar-refractivity contribution in [3.8, 4) is 5.75 Å². The van der Waals surface area contributed by atoms with Gasteiger partial charge in [0, 0.05) is 24.5 Å². The summed E-state index contributed by atoms with van der Waals surface area (Å²) in [6.45, 7) is 5.55. The van der Waals surface area contributed by atoms with Crippen LogP contribution in [0.25, 0.3) is 0 Å². The van der Waals surface area contributed by atoms with Crippen molar-refractivity contribution in [2.75, 3.05) is 42.3 Å². The fourth-order valence-electron chi connectivity index (χ4n) is 3.18. The molecule has 9 heteroatoms. The molecule has 8 nitrogen and oxygen atoms in total. The Kier molecular flexibility index (Phi) is 7.06. The highest BCUT2D eigenvalue weighted by Gasteiger charge is 2.12. The summed E-state index contributed by atoms with van der Waals surface area (Å²) in [5, 5.41) is 10.4. The molecule has 1 fully saturated rings. The van der Waals surface area contributed by atoms with Crippen LogP contribution in [0.3, 0.4) is 0 Å². The highest BCUT2D eigenvalue weighted by Crippen LogP contribution is 2.20. The number of nitrogens with one attached hydrogen (secondary N) is 2. The number of para-hydroxylation sites is 1. The minimum Gasteiger partial charge on any atom is -0.485 e. The molecule has 0 aliphatic carbocycles. The molecule has 2 aromatic carbocycles. The zero-order valence-electron chi connectivity index (χ0n) is 17.3. The first kappa shape index (κ1) is 21.2. The van der Waals surface area contributed by atoms with Crippen molar-refractivity contribution < 1.29 is 14.3 Å². The number of H-pyrrole nitrogens is 1. The van der Waals surface area contributed by atoms with Crippen LogP contribution in [-0.2, 0) is 16.1 Å². The zero-order valence-corrected chi connectivity index (χ0v) is 18.2. The SMILES string of the molecule is Cc1ccccc1OCc1nc(SCC(=O)Nc2ccc(N3CCOCC3)cc2)n[nH]1. The molecule has 0 radical (unpaired) electrons. The van der Waals surface area contributed by atoms with Gasteiger partial charge in [0.25, 0.3) is 0 Å². The van der Waals surface area contributed by atoms with Crippen molar-refractivity contribution in [1.29, 1.82) is 0 Å². The number of rotatable bonds is 8. The van der Waals surface area contributed by atoms with Crippen LogP contribution < -0.4 is 15.0 Å². The summed E-state index contributed by atoms with van der Waals surface area (Å²) < 4.78 is 11.1. The summed E-state index contributed by atoms with van der Waals surface area (Å²) in [4.78, 5) is 18.9. The first-order valence-corrected chi connectivity index (χ1v) is 11.1. The number of ether oxygens (including phenoxy) is 2. The maximum Gasteiger partial charge on any atom is 0.234 e. The number of carbonyl (C=O) groups is 1. The smallest absolute Gasteiger partial charge is 0.234 e. The van der Waals surface area contributed by atoms with Crippen molar-refractivity contribution in [3.63, 3.8) is 0 Å². The number of hydrogen-bond acceptors (Lipinski definition) is 7. The number of nitrogens with zero attached hydrogens (tertiary/aromatic N) is 3. The lowest BCUT2D eigenvalue weighted by Gasteiger charge is -2.28. The van der Waals surface area contributed by atoms with Crippen molar-refractivity contribution in [3.05, 3.63) is 59.9 Å². The molecule has 1 aromatic heterocycles. The molecule has 0 bridgehead atoms. The summed E-state index contributed by atoms with van der Waals surface area (Å²) in [6, 6.07) is 15.7. The number of amides is 1. The van der Waals surface area contributed by atoms with Crippen molar-refractivity contribution >= 4 is 29.0 Å². The number of aromatic nitrogens is 3. The molecule has 2 N–H and O–H groups in total. The van der Waals surface area contributed by atoms with E-state index in [1.807, 2.05) is 55.5 Å². The Morgan fingerprint density at radius 2 is 1.97 bits per heavy atom. The van der Waals surface area contributed by atoms with E-state index >= 15 is 0 Å². The van der Waals surface area contributed by atoms with Gasteiger partial charge in [-0.2, -0.15) is 0 Å². The van der Waals surface area contributed by atoms with E-state index in [-0.39, 0.29) is 11.7 Å². The highest BCUT2D eigenvalue weighted by atomic mass is 32.2. The molecule has 162 valence electrons. The van der Waals surface area contributed by atoms with Gasteiger partial charge in [0.15, 0.2) is 5.82 Å². The molecule has 0 atom stereocenters. The first-order valence-electron chi connectivity index (χ1n) is 10.1. The van der Waals surface area contributed by atoms with Gasteiger partial charge in [0.2, 0.25) is 11.1 Å². The predicted octanol–water partition coefficient (Wildman–Crippen LogP) is 3.26. The monoisotopic (exact) mass is 439 g/mol. The van der Waals surface area contributed by atoms with Gasteiger partial charge in [-0.05, 0) is 42.8 Å². The van der Waals surface area contributed by atoms with Crippen molar-refractivity contribution in [2.24, 2.45) is 0 Å². The molecule has 2 heterocycles. The molecular formula is C22H25N5O3S. The van der Waals surface area contributed by atoms with E-state index in [4.69, 9.17) is 9.47 Å². The molecule has 1 saturated heterocycles. The second-order valence-electron chi connectivity index (χ2n) is 7.10. The zero-order chi connectivity index (χ0) is 21.5. The minimum atomic E-state index is -0.105. The van der Waals surface area contributed by atoms with Crippen molar-refractivity contribution in [2.45, 2.75) is 18.7 Å². The predicted molar refractivity (Wildman–Crippen MR) is 121 cm³/mol. The van der Waals surface area contributed by atoms with E-state index in [1.165, 1.54) is 11.8 Å². The molecule has 0 unspecified atom stereocenters. The summed E-state index contributed by atoms with van der Waals surface area (Å²) in [5.41, 5.74) is 2.97. The van der Waals surface area contributed by atoms with Crippen LogP contribution in [0.1, 0.15) is 11.4 Å². The second-order valence-corrected chi connectivity index (χ2v) is 8.04. The molecule has 1 aliphatic heterocycles. The Bertz CT molecular complexity index is 1000. The normalized spacial score (nSPS) is 13.8. The third kappa shape index (κ3) is 5.99. The van der Waals surface area contributed by atoms with Gasteiger partial charge in [-0.25, -0.2) is 4.98 Å². The van der Waals surface area contributed by atoms with Crippen LogP contribution in [0.4, 0.5) is 11.4 Å². The van der Waals surface area contributed by atoms with Crippen LogP contribution in [0.2, 0.25) is 0 Å². The number of morpholine rings is 1. The molecule has 1 amide bonds. The van der Waals surface area contributed by atoms with Gasteiger partial charge in [0.05, 0.1) is 19.0 Å². The standard InChI is InChI=1S/C22H25N5O3S/c1-16-4-2-3-5-19(16)30-14-20-24-22(26-25-20)31-15-21(28)23-17-6-8-18(9-7-17)27-10-12-29-13-11-27/h2-9H,10-15H2,1H3,(H,23,28)(H,24,25,26). The van der Waals surface area contributed by atoms with Crippen LogP contribution in [0.5, 0.6) is 5.75 Å². The van der Waals surface area contributed by atoms with Gasteiger partial charge >= 0.3 is 0 Å². The number of aromatic amines is 1. The Labute approximate surface area is 185 Å². The summed E-state index contributed by atoms with van der Waals surface area (Å²) in [5.74, 6) is 1.55. The Morgan fingerprint density at radius 3 is 2.74 bits per heavy atom. The van der Waals surface area contributed by atoms with Gasteiger partial charge in [0.1, 0.15) is 12.4 Å². The van der Waals surface area contributed by atoms with Crippen LogP contribution in [-0.4, -0.2) is 53.1 Å². The Hall–Kier alpha value is -3.04. The number of thioether (sulfide) groups is 1. The van der Waals surface area contributed by atoms with E-state index in [1.54, 1.807) is 0 Å². The third-order valence-electron chi connectivity index (χ3n) is 4.83. The van der Waals surface area contributed by atoms with E-state index in [0.717, 1.165) is 49.0 Å². The molecular weight excluding hydrogens is 414 g/mol. The lowest BCUT2D eigenvalue weighted by molar-refractivity contribution is -0.113. The Morgan fingerprint density at radius 1 is 1.19 bits per heavy atom. The largest absolute Gasteiger partial charge is 0.485 e. The quantitative estimate of drug-likeness (QED) is 0.521. The lowest BCUT2D eigenvalue weighted by Crippen LogP contribution is -2.36. The number of anilines is 2. The number of hydrogen-bond donors (Lipinski definition) is 2. The van der Waals surface area contributed by atoms with E-state index in [0.29, 0.717) is 17.6 Å². The maximum atomic E-state index is 12.3. The van der Waals surface area contributed by atoms with Crippen LogP contribution in [0, 0.1) is 6.92 Å². The van der Waals surface area contributed by atoms with Gasteiger partial charge < -0.3 is 19.7 Å². The fraction of sp³-hybridized carbons (Fsp3) is 0.318. The first-order chi connectivity index (χ1) is 15.2. The average Bonchev–Trinajstić information content (AvgIpc) is 3.26. The van der Waals surface area contributed by atoms with Gasteiger partial charge in [-0.3, -0.25) is 9.89 Å². The second kappa shape index (κ2) is 10.3. The fourth-order valence-corrected chi connectivity index (χ4v) is 3.79. The van der Waals surface area contributed by atoms with E-state index in [2.05, 4.69) is 25.4 Å². The molecule has 0 saturated carbocycles. The number of benzene rings is 2. The van der Waals surface area contributed by atoms with E-state index < -0.39 is 0 Å². The average molecular weight is 440 g/mol. The molecule has 4 rings (SSSR count). The van der Waals surface area contributed by atoms with Crippen LogP contribution >= 0.6 is 11.8 Å². The third-order valence-corrected chi connectivity index (χ3v) is 5.68. The summed E-state index contributed by atoms with van der Waals surface area (Å²) in [7, 11) is 0. The van der Waals surface area contributed by atoms with Gasteiger partial charge in [-0.15, -0.1) is 5.10 Å². The molecule has 31 heavy (non-hydrogen) atoms. The topological polar surface area (TPSA) is 92.4 Å². The molecule has 1 aliphatic rings. The van der Waals surface area contributed by atoms with Crippen molar-refractivity contribution in [1.82, 2.24) is 15.2 Å². The summed E-state index contributed by atoms with van der Waals surface area (Å²) >= 11 is 1.28. The Balaban J connectivity index is 1.22. The lowest BCUT2D eigenvalue weighted by atomic mass is 10.2. The molecule has 3 aromatic rings. The summed E-state index contributed by atoms with van der Waals surface area (Å²) in [6.07, 6.45) is 0.